The normalized spacial score (nSPS) is 20.5. The topological polar surface area (TPSA) is 0 Å². The highest BCUT2D eigenvalue weighted by Crippen LogP contribution is 2.45. The van der Waals surface area contributed by atoms with Crippen LogP contribution in [0.3, 0.4) is 0 Å². The fourth-order valence-electron chi connectivity index (χ4n) is 1.91. The molecule has 76 valence electrons. The minimum atomic E-state index is 0.197. The molecule has 2 rings (SSSR count). The van der Waals surface area contributed by atoms with Crippen LogP contribution < -0.4 is 0 Å². The largest absolute Gasteiger partial charge is 0.118 e. The van der Waals surface area contributed by atoms with Gasteiger partial charge < -0.3 is 0 Å². The predicted molar refractivity (Wildman–Crippen MR) is 61.7 cm³/mol. The molecule has 0 bridgehead atoms. The lowest BCUT2D eigenvalue weighted by Gasteiger charge is -2.17. The molecule has 0 nitrogen and oxygen atoms in total. The molecule has 0 spiro atoms. The Morgan fingerprint density at radius 2 is 1.79 bits per heavy atom. The summed E-state index contributed by atoms with van der Waals surface area (Å²) in [6, 6.07) is 8.60. The van der Waals surface area contributed by atoms with Gasteiger partial charge in [-0.1, -0.05) is 36.8 Å². The number of hydrogen-bond acceptors (Lipinski definition) is 0. The summed E-state index contributed by atoms with van der Waals surface area (Å²) < 4.78 is 0. The molecule has 14 heavy (non-hydrogen) atoms. The van der Waals surface area contributed by atoms with Crippen molar-refractivity contribution in [1.82, 2.24) is 0 Å². The van der Waals surface area contributed by atoms with Crippen molar-refractivity contribution in [2.75, 3.05) is 0 Å². The first-order valence-electron chi connectivity index (χ1n) is 5.39. The molecule has 1 aromatic carbocycles. The van der Waals surface area contributed by atoms with E-state index >= 15 is 0 Å². The molecule has 0 heterocycles. The molecule has 2 atom stereocenters. The Kier molecular flexibility index (Phi) is 2.83. The van der Waals surface area contributed by atoms with Gasteiger partial charge in [-0.2, -0.15) is 0 Å². The van der Waals surface area contributed by atoms with Crippen molar-refractivity contribution in [3.05, 3.63) is 35.4 Å². The Morgan fingerprint density at radius 3 is 2.29 bits per heavy atom. The molecule has 0 radical (unpaired) electrons. The van der Waals surface area contributed by atoms with E-state index in [-0.39, 0.29) is 5.38 Å². The van der Waals surface area contributed by atoms with Crippen molar-refractivity contribution in [3.8, 4) is 0 Å². The maximum Gasteiger partial charge on any atom is 0.0613 e. The van der Waals surface area contributed by atoms with Crippen molar-refractivity contribution in [3.63, 3.8) is 0 Å². The minimum absolute atomic E-state index is 0.197. The number of hydrogen-bond donors (Lipinski definition) is 0. The van der Waals surface area contributed by atoms with Crippen molar-refractivity contribution in [2.45, 2.75) is 32.1 Å². The van der Waals surface area contributed by atoms with Crippen LogP contribution in [0.2, 0.25) is 0 Å². The first-order valence-corrected chi connectivity index (χ1v) is 5.83. The molecule has 0 aliphatic heterocycles. The summed E-state index contributed by atoms with van der Waals surface area (Å²) in [7, 11) is 0. The summed E-state index contributed by atoms with van der Waals surface area (Å²) in [6.45, 7) is 4.38. The molecule has 1 heteroatoms. The quantitative estimate of drug-likeness (QED) is 0.649. The average Bonchev–Trinajstić information content (AvgIpc) is 3.00. The van der Waals surface area contributed by atoms with Gasteiger partial charge in [-0.15, -0.1) is 11.6 Å². The van der Waals surface area contributed by atoms with Crippen LogP contribution in [0.1, 0.15) is 36.3 Å². The summed E-state index contributed by atoms with van der Waals surface area (Å²) in [5.41, 5.74) is 2.58. The monoisotopic (exact) mass is 208 g/mol. The highest BCUT2D eigenvalue weighted by Gasteiger charge is 2.32. The van der Waals surface area contributed by atoms with Crippen molar-refractivity contribution in [1.29, 1.82) is 0 Å². The van der Waals surface area contributed by atoms with Gasteiger partial charge in [0.05, 0.1) is 5.38 Å². The first kappa shape index (κ1) is 10.0. The average molecular weight is 209 g/mol. The van der Waals surface area contributed by atoms with E-state index in [0.29, 0.717) is 5.92 Å². The number of alkyl halides is 1. The summed E-state index contributed by atoms with van der Waals surface area (Å²) >= 11 is 6.44. The zero-order valence-electron chi connectivity index (χ0n) is 8.83. The summed E-state index contributed by atoms with van der Waals surface area (Å²) in [6.07, 6.45) is 2.74. The Morgan fingerprint density at radius 1 is 1.21 bits per heavy atom. The second kappa shape index (κ2) is 3.94. The lowest BCUT2D eigenvalue weighted by molar-refractivity contribution is 0.491. The SMILES string of the molecule is Cc1ccc(C(Cl)C(C)C2CC2)cc1. The fraction of sp³-hybridized carbons (Fsp3) is 0.538. The predicted octanol–water partition coefficient (Wildman–Crippen LogP) is 4.32. The van der Waals surface area contributed by atoms with Crippen molar-refractivity contribution < 1.29 is 0 Å². The molecule has 1 fully saturated rings. The lowest BCUT2D eigenvalue weighted by Crippen LogP contribution is -2.05. The van der Waals surface area contributed by atoms with Crippen LogP contribution in [0.5, 0.6) is 0 Å². The molecule has 0 N–H and O–H groups in total. The molecule has 1 aromatic rings. The second-order valence-electron chi connectivity index (χ2n) is 4.51. The first-order chi connectivity index (χ1) is 6.68. The molecule has 0 amide bonds. The van der Waals surface area contributed by atoms with E-state index in [0.717, 1.165) is 5.92 Å². The summed E-state index contributed by atoms with van der Waals surface area (Å²) in [4.78, 5) is 0. The maximum absolute atomic E-state index is 6.44. The second-order valence-corrected chi connectivity index (χ2v) is 4.98. The van der Waals surface area contributed by atoms with Crippen LogP contribution in [0.4, 0.5) is 0 Å². The van der Waals surface area contributed by atoms with Crippen LogP contribution in [-0.4, -0.2) is 0 Å². The van der Waals surface area contributed by atoms with E-state index in [2.05, 4.69) is 38.1 Å². The van der Waals surface area contributed by atoms with E-state index < -0.39 is 0 Å². The molecular weight excluding hydrogens is 192 g/mol. The van der Waals surface area contributed by atoms with Gasteiger partial charge in [0.1, 0.15) is 0 Å². The number of aryl methyl sites for hydroxylation is 1. The van der Waals surface area contributed by atoms with E-state index in [1.165, 1.54) is 24.0 Å². The van der Waals surface area contributed by atoms with Crippen LogP contribution in [-0.2, 0) is 0 Å². The minimum Gasteiger partial charge on any atom is -0.118 e. The van der Waals surface area contributed by atoms with E-state index in [4.69, 9.17) is 11.6 Å². The Bertz CT molecular complexity index is 298. The highest BCUT2D eigenvalue weighted by atomic mass is 35.5. The molecule has 2 unspecified atom stereocenters. The van der Waals surface area contributed by atoms with Gasteiger partial charge in [-0.3, -0.25) is 0 Å². The smallest absolute Gasteiger partial charge is 0.0613 e. The molecule has 1 aliphatic carbocycles. The van der Waals surface area contributed by atoms with E-state index in [9.17, 15) is 0 Å². The standard InChI is InChI=1S/C13H17Cl/c1-9-3-5-12(6-4-9)13(14)10(2)11-7-8-11/h3-6,10-11,13H,7-8H2,1-2H3. The van der Waals surface area contributed by atoms with Gasteiger partial charge in [0.25, 0.3) is 0 Å². The third kappa shape index (κ3) is 2.12. The van der Waals surface area contributed by atoms with Gasteiger partial charge in [-0.05, 0) is 37.2 Å². The molecule has 0 aromatic heterocycles. The van der Waals surface area contributed by atoms with Crippen LogP contribution in [0, 0.1) is 18.8 Å². The van der Waals surface area contributed by atoms with Crippen LogP contribution in [0.25, 0.3) is 0 Å². The third-order valence-corrected chi connectivity index (χ3v) is 3.87. The highest BCUT2D eigenvalue weighted by molar-refractivity contribution is 6.21. The summed E-state index contributed by atoms with van der Waals surface area (Å²) in [5, 5.41) is 0.197. The van der Waals surface area contributed by atoms with Gasteiger partial charge in [0.15, 0.2) is 0 Å². The van der Waals surface area contributed by atoms with Gasteiger partial charge in [-0.25, -0.2) is 0 Å². The third-order valence-electron chi connectivity index (χ3n) is 3.22. The number of benzene rings is 1. The maximum atomic E-state index is 6.44. The van der Waals surface area contributed by atoms with Crippen molar-refractivity contribution in [2.24, 2.45) is 11.8 Å². The zero-order valence-corrected chi connectivity index (χ0v) is 9.59. The number of rotatable bonds is 3. The zero-order chi connectivity index (χ0) is 10.1. The molecule has 1 saturated carbocycles. The fourth-order valence-corrected chi connectivity index (χ4v) is 2.27. The van der Waals surface area contributed by atoms with Crippen LogP contribution >= 0.6 is 11.6 Å². The Hall–Kier alpha value is -0.490. The Balaban J connectivity index is 2.09. The van der Waals surface area contributed by atoms with Gasteiger partial charge >= 0.3 is 0 Å². The number of halogens is 1. The Labute approximate surface area is 91.3 Å². The molecular formula is C13H17Cl. The van der Waals surface area contributed by atoms with Gasteiger partial charge in [0, 0.05) is 0 Å². The van der Waals surface area contributed by atoms with E-state index in [1.54, 1.807) is 0 Å². The summed E-state index contributed by atoms with van der Waals surface area (Å²) in [5.74, 6) is 1.50. The molecule has 0 saturated heterocycles. The van der Waals surface area contributed by atoms with E-state index in [1.807, 2.05) is 0 Å². The van der Waals surface area contributed by atoms with Crippen molar-refractivity contribution >= 4 is 11.6 Å². The van der Waals surface area contributed by atoms with Gasteiger partial charge in [0.2, 0.25) is 0 Å². The lowest BCUT2D eigenvalue weighted by atomic mass is 9.95. The molecule has 1 aliphatic rings. The van der Waals surface area contributed by atoms with Crippen LogP contribution in [0.15, 0.2) is 24.3 Å².